The van der Waals surface area contributed by atoms with Crippen LogP contribution in [0.25, 0.3) is 0 Å². The third-order valence-electron chi connectivity index (χ3n) is 4.75. The standard InChI is InChI=1S/C22H23F2N3O.3C2H6/c1-6-18-9-21(13(2)10-25-18)27-14(3)7-22(15(4)16(27)5)28-12-20-19(24)8-17(23)11-26-20;3*1-2/h7-11H,5-6,12H2,1-4H3;3*1-2H3. The number of pyridine rings is 2. The van der Waals surface area contributed by atoms with Crippen LogP contribution < -0.4 is 4.90 Å². The number of ether oxygens (including phenoxy) is 1. The van der Waals surface area contributed by atoms with E-state index in [4.69, 9.17) is 4.74 Å². The Kier molecular flexibility index (Phi) is 14.4. The van der Waals surface area contributed by atoms with E-state index >= 15 is 0 Å². The molecule has 0 N–H and O–H groups in total. The van der Waals surface area contributed by atoms with Gasteiger partial charge in [0.1, 0.15) is 23.9 Å². The Labute approximate surface area is 205 Å². The van der Waals surface area contributed by atoms with Crippen LogP contribution in [0, 0.1) is 18.6 Å². The number of halogens is 2. The van der Waals surface area contributed by atoms with E-state index in [1.165, 1.54) is 0 Å². The molecule has 0 saturated heterocycles. The minimum absolute atomic E-state index is 0.0540. The maximum absolute atomic E-state index is 13.8. The van der Waals surface area contributed by atoms with Crippen LogP contribution in [0.3, 0.4) is 0 Å². The van der Waals surface area contributed by atoms with Crippen molar-refractivity contribution in [2.75, 3.05) is 4.90 Å². The van der Waals surface area contributed by atoms with Crippen molar-refractivity contribution in [2.45, 2.75) is 82.3 Å². The summed E-state index contributed by atoms with van der Waals surface area (Å²) in [5.41, 5.74) is 5.66. The van der Waals surface area contributed by atoms with Gasteiger partial charge in [0, 0.05) is 41.0 Å². The van der Waals surface area contributed by atoms with E-state index in [0.29, 0.717) is 5.76 Å². The zero-order chi connectivity index (χ0) is 26.4. The van der Waals surface area contributed by atoms with E-state index in [-0.39, 0.29) is 12.3 Å². The Morgan fingerprint density at radius 2 is 1.56 bits per heavy atom. The number of hydrogen-bond acceptors (Lipinski definition) is 4. The molecule has 0 saturated carbocycles. The summed E-state index contributed by atoms with van der Waals surface area (Å²) in [6, 6.07) is 2.86. The number of nitrogens with zero attached hydrogens (tertiary/aromatic N) is 3. The summed E-state index contributed by atoms with van der Waals surface area (Å²) in [5.74, 6) is -0.852. The van der Waals surface area contributed by atoms with Gasteiger partial charge in [-0.05, 0) is 38.8 Å². The minimum atomic E-state index is -0.727. The minimum Gasteiger partial charge on any atom is -0.487 e. The summed E-state index contributed by atoms with van der Waals surface area (Å²) in [6.45, 7) is 24.1. The van der Waals surface area contributed by atoms with E-state index in [2.05, 4.69) is 34.4 Å². The van der Waals surface area contributed by atoms with Crippen LogP contribution in [0.2, 0.25) is 0 Å². The maximum Gasteiger partial charge on any atom is 0.151 e. The van der Waals surface area contributed by atoms with Crippen LogP contribution in [0.4, 0.5) is 14.5 Å². The fourth-order valence-corrected chi connectivity index (χ4v) is 3.05. The summed E-state index contributed by atoms with van der Waals surface area (Å²) in [4.78, 5) is 10.3. The molecule has 3 heterocycles. The van der Waals surface area contributed by atoms with Gasteiger partial charge in [-0.1, -0.05) is 55.0 Å². The largest absolute Gasteiger partial charge is 0.487 e. The molecule has 0 radical (unpaired) electrons. The molecule has 188 valence electrons. The van der Waals surface area contributed by atoms with Crippen LogP contribution in [-0.2, 0) is 17.8 Å². The van der Waals surface area contributed by atoms with Crippen LogP contribution in [0.5, 0.6) is 0 Å². The van der Waals surface area contributed by atoms with Gasteiger partial charge in [0.25, 0.3) is 0 Å². The zero-order valence-corrected chi connectivity index (χ0v) is 22.5. The van der Waals surface area contributed by atoms with Gasteiger partial charge in [0.05, 0.1) is 11.9 Å². The van der Waals surface area contributed by atoms with Gasteiger partial charge in [-0.25, -0.2) is 8.78 Å². The van der Waals surface area contributed by atoms with E-state index in [1.807, 2.05) is 74.6 Å². The topological polar surface area (TPSA) is 38.2 Å². The summed E-state index contributed by atoms with van der Waals surface area (Å²) in [7, 11) is 0. The molecule has 2 aromatic heterocycles. The molecule has 0 bridgehead atoms. The van der Waals surface area contributed by atoms with E-state index in [1.54, 1.807) is 0 Å². The van der Waals surface area contributed by atoms with Gasteiger partial charge in [-0.2, -0.15) is 0 Å². The highest BCUT2D eigenvalue weighted by Gasteiger charge is 2.24. The molecular weight excluding hydrogens is 432 g/mol. The lowest BCUT2D eigenvalue weighted by molar-refractivity contribution is 0.199. The average molecular weight is 474 g/mol. The second kappa shape index (κ2) is 15.8. The quantitative estimate of drug-likeness (QED) is 0.437. The van der Waals surface area contributed by atoms with Gasteiger partial charge >= 0.3 is 0 Å². The number of hydrogen-bond donors (Lipinski definition) is 0. The fraction of sp³-hybridized carbons (Fsp3) is 0.429. The highest BCUT2D eigenvalue weighted by atomic mass is 19.1. The molecule has 34 heavy (non-hydrogen) atoms. The molecule has 0 amide bonds. The van der Waals surface area contributed by atoms with Crippen molar-refractivity contribution in [2.24, 2.45) is 0 Å². The maximum atomic E-state index is 13.8. The number of aromatic nitrogens is 2. The zero-order valence-electron chi connectivity index (χ0n) is 22.5. The Balaban J connectivity index is 0.00000168. The predicted molar refractivity (Wildman–Crippen MR) is 139 cm³/mol. The molecule has 4 nitrogen and oxygen atoms in total. The molecule has 1 aliphatic heterocycles. The molecule has 0 spiro atoms. The monoisotopic (exact) mass is 473 g/mol. The average Bonchev–Trinajstić information content (AvgIpc) is 2.86. The highest BCUT2D eigenvalue weighted by molar-refractivity contribution is 5.68. The fourth-order valence-electron chi connectivity index (χ4n) is 3.05. The van der Waals surface area contributed by atoms with Gasteiger partial charge < -0.3 is 9.64 Å². The molecular formula is C28H41F2N3O. The third kappa shape index (κ3) is 7.79. The van der Waals surface area contributed by atoms with Gasteiger partial charge in [-0.3, -0.25) is 9.97 Å². The second-order valence-corrected chi connectivity index (χ2v) is 6.74. The Hall–Kier alpha value is -3.02. The van der Waals surface area contributed by atoms with Crippen LogP contribution in [0.15, 0.2) is 59.9 Å². The highest BCUT2D eigenvalue weighted by Crippen LogP contribution is 2.35. The lowest BCUT2D eigenvalue weighted by atomic mass is 10.0. The Bertz CT molecular complexity index is 995. The summed E-state index contributed by atoms with van der Waals surface area (Å²) >= 11 is 0. The third-order valence-corrected chi connectivity index (χ3v) is 4.75. The molecule has 0 unspecified atom stereocenters. The van der Waals surface area contributed by atoms with Crippen LogP contribution in [-0.4, -0.2) is 9.97 Å². The molecule has 3 rings (SSSR count). The SMILES string of the molecule is C=C1C(C)=C(OCc2ncc(F)cc2F)C=C(C)N1c1cc(CC)ncc1C.CC.CC.CC. The van der Waals surface area contributed by atoms with Crippen LogP contribution in [0.1, 0.15) is 79.3 Å². The van der Waals surface area contributed by atoms with Crippen molar-refractivity contribution >= 4 is 5.69 Å². The van der Waals surface area contributed by atoms with E-state index < -0.39 is 11.6 Å². The second-order valence-electron chi connectivity index (χ2n) is 6.74. The number of allylic oxidation sites excluding steroid dienone is 3. The Morgan fingerprint density at radius 3 is 2.12 bits per heavy atom. The summed E-state index contributed by atoms with van der Waals surface area (Å²) < 4.78 is 32.6. The Morgan fingerprint density at radius 1 is 0.941 bits per heavy atom. The van der Waals surface area contributed by atoms with Crippen molar-refractivity contribution < 1.29 is 13.5 Å². The lowest BCUT2D eigenvalue weighted by Crippen LogP contribution is -2.25. The lowest BCUT2D eigenvalue weighted by Gasteiger charge is -2.33. The first-order valence-corrected chi connectivity index (χ1v) is 12.1. The number of anilines is 1. The van der Waals surface area contributed by atoms with Crippen LogP contribution >= 0.6 is 0 Å². The first kappa shape index (κ1) is 31.0. The van der Waals surface area contributed by atoms with Crippen molar-refractivity contribution in [3.05, 3.63) is 88.5 Å². The molecule has 6 heteroatoms. The van der Waals surface area contributed by atoms with Gasteiger partial charge in [0.2, 0.25) is 0 Å². The van der Waals surface area contributed by atoms with Gasteiger partial charge in [-0.15, -0.1) is 0 Å². The summed E-state index contributed by atoms with van der Waals surface area (Å²) in [6.07, 6.45) is 5.57. The molecule has 2 aromatic rings. The number of rotatable bonds is 5. The molecule has 1 aliphatic rings. The van der Waals surface area contributed by atoms with Crippen molar-refractivity contribution in [3.63, 3.8) is 0 Å². The predicted octanol–water partition coefficient (Wildman–Crippen LogP) is 8.43. The molecule has 0 aliphatic carbocycles. The van der Waals surface area contributed by atoms with Crippen molar-refractivity contribution in [3.8, 4) is 0 Å². The van der Waals surface area contributed by atoms with E-state index in [9.17, 15) is 8.78 Å². The smallest absolute Gasteiger partial charge is 0.151 e. The molecule has 0 atom stereocenters. The first-order chi connectivity index (χ1) is 16.3. The van der Waals surface area contributed by atoms with Crippen molar-refractivity contribution in [1.29, 1.82) is 0 Å². The van der Waals surface area contributed by atoms with E-state index in [0.717, 1.165) is 52.6 Å². The van der Waals surface area contributed by atoms with Crippen molar-refractivity contribution in [1.82, 2.24) is 9.97 Å². The molecule has 0 fully saturated rings. The first-order valence-electron chi connectivity index (χ1n) is 12.1. The number of aryl methyl sites for hydroxylation is 2. The normalized spacial score (nSPS) is 12.4. The van der Waals surface area contributed by atoms with Gasteiger partial charge in [0.15, 0.2) is 5.82 Å². The molecule has 0 aromatic carbocycles. The summed E-state index contributed by atoms with van der Waals surface area (Å²) in [5, 5.41) is 0.